The fourth-order valence-corrected chi connectivity index (χ4v) is 3.57. The number of amides is 1. The lowest BCUT2D eigenvalue weighted by Crippen LogP contribution is -2.37. The zero-order valence-electron chi connectivity index (χ0n) is 11.3. The van der Waals surface area contributed by atoms with Crippen LogP contribution >= 0.6 is 11.3 Å². The van der Waals surface area contributed by atoms with Gasteiger partial charge in [-0.05, 0) is 18.9 Å². The largest absolute Gasteiger partial charge is 0.349 e. The summed E-state index contributed by atoms with van der Waals surface area (Å²) in [6.07, 6.45) is 1.98. The van der Waals surface area contributed by atoms with Crippen molar-refractivity contribution in [3.8, 4) is 0 Å². The number of rotatable bonds is 6. The highest BCUT2D eigenvalue weighted by Gasteiger charge is 2.19. The molecule has 1 unspecified atom stereocenters. The van der Waals surface area contributed by atoms with Gasteiger partial charge in [0.1, 0.15) is 4.21 Å². The van der Waals surface area contributed by atoms with Crippen LogP contribution in [-0.2, 0) is 10.0 Å². The second-order valence-corrected chi connectivity index (χ2v) is 7.24. The zero-order valence-corrected chi connectivity index (χ0v) is 13.0. The number of sulfonamides is 1. The van der Waals surface area contributed by atoms with Gasteiger partial charge in [-0.3, -0.25) is 4.79 Å². The van der Waals surface area contributed by atoms with Gasteiger partial charge < -0.3 is 5.32 Å². The molecule has 0 aromatic carbocycles. The molecule has 0 bridgehead atoms. The predicted octanol–water partition coefficient (Wildman–Crippen LogP) is 1.95. The van der Waals surface area contributed by atoms with Crippen molar-refractivity contribution in [3.63, 3.8) is 0 Å². The maximum absolute atomic E-state index is 12.0. The van der Waals surface area contributed by atoms with E-state index in [1.54, 1.807) is 0 Å². The maximum Gasteiger partial charge on any atom is 0.252 e. The van der Waals surface area contributed by atoms with Crippen molar-refractivity contribution in [1.29, 1.82) is 0 Å². The summed E-state index contributed by atoms with van der Waals surface area (Å²) in [5.74, 6) is 0.158. The molecule has 0 saturated carbocycles. The van der Waals surface area contributed by atoms with Gasteiger partial charge in [0, 0.05) is 11.4 Å². The van der Waals surface area contributed by atoms with Crippen LogP contribution in [0.4, 0.5) is 0 Å². The van der Waals surface area contributed by atoms with E-state index in [0.29, 0.717) is 11.5 Å². The quantitative estimate of drug-likeness (QED) is 0.841. The summed E-state index contributed by atoms with van der Waals surface area (Å²) >= 11 is 0.958. The highest BCUT2D eigenvalue weighted by Crippen LogP contribution is 2.19. The summed E-state index contributed by atoms with van der Waals surface area (Å²) < 4.78 is 22.3. The van der Waals surface area contributed by atoms with E-state index in [1.807, 2.05) is 6.92 Å². The van der Waals surface area contributed by atoms with E-state index < -0.39 is 10.0 Å². The molecule has 0 saturated heterocycles. The molecular weight excluding hydrogens is 284 g/mol. The second kappa shape index (κ2) is 6.49. The van der Waals surface area contributed by atoms with Gasteiger partial charge in [0.05, 0.1) is 5.56 Å². The molecule has 1 amide bonds. The molecule has 3 N–H and O–H groups in total. The summed E-state index contributed by atoms with van der Waals surface area (Å²) in [6, 6.07) is 1.37. The van der Waals surface area contributed by atoms with Gasteiger partial charge in [0.15, 0.2) is 0 Å². The van der Waals surface area contributed by atoms with Crippen LogP contribution in [0.5, 0.6) is 0 Å². The number of hydrogen-bond acceptors (Lipinski definition) is 4. The van der Waals surface area contributed by atoms with E-state index in [2.05, 4.69) is 19.2 Å². The number of thiophene rings is 1. The average molecular weight is 304 g/mol. The van der Waals surface area contributed by atoms with Crippen LogP contribution in [0.15, 0.2) is 15.7 Å². The lowest BCUT2D eigenvalue weighted by atomic mass is 9.95. The third kappa shape index (κ3) is 4.29. The van der Waals surface area contributed by atoms with Crippen molar-refractivity contribution in [3.05, 3.63) is 17.0 Å². The minimum atomic E-state index is -3.73. The van der Waals surface area contributed by atoms with Crippen LogP contribution in [0, 0.1) is 5.92 Å². The fourth-order valence-electron chi connectivity index (χ4n) is 1.99. The van der Waals surface area contributed by atoms with E-state index >= 15 is 0 Å². The van der Waals surface area contributed by atoms with Crippen molar-refractivity contribution in [2.24, 2.45) is 11.1 Å². The first kappa shape index (κ1) is 16.1. The molecule has 1 atom stereocenters. The highest BCUT2D eigenvalue weighted by molar-refractivity contribution is 7.91. The Bertz CT molecular complexity index is 533. The van der Waals surface area contributed by atoms with Gasteiger partial charge in [-0.1, -0.05) is 26.7 Å². The molecule has 1 aromatic heterocycles. The predicted molar refractivity (Wildman–Crippen MR) is 76.7 cm³/mol. The lowest BCUT2D eigenvalue weighted by molar-refractivity contribution is 0.0925. The smallest absolute Gasteiger partial charge is 0.252 e. The molecule has 7 heteroatoms. The molecule has 108 valence electrons. The first-order chi connectivity index (χ1) is 8.79. The summed E-state index contributed by atoms with van der Waals surface area (Å²) in [5.41, 5.74) is 0.340. The molecule has 0 radical (unpaired) electrons. The van der Waals surface area contributed by atoms with E-state index in [0.717, 1.165) is 24.2 Å². The molecule has 0 aliphatic carbocycles. The Labute approximate surface area is 118 Å². The van der Waals surface area contributed by atoms with Crippen molar-refractivity contribution < 1.29 is 13.2 Å². The molecule has 0 aliphatic rings. The van der Waals surface area contributed by atoms with Crippen LogP contribution in [0.25, 0.3) is 0 Å². The van der Waals surface area contributed by atoms with Crippen LogP contribution < -0.4 is 10.5 Å². The molecule has 1 aromatic rings. The molecule has 0 spiro atoms. The number of hydrogen-bond donors (Lipinski definition) is 2. The van der Waals surface area contributed by atoms with Crippen molar-refractivity contribution in [1.82, 2.24) is 5.32 Å². The van der Waals surface area contributed by atoms with Gasteiger partial charge in [-0.15, -0.1) is 11.3 Å². The lowest BCUT2D eigenvalue weighted by Gasteiger charge is -2.22. The maximum atomic E-state index is 12.0. The minimum absolute atomic E-state index is 0.00726. The van der Waals surface area contributed by atoms with E-state index in [4.69, 9.17) is 5.14 Å². The van der Waals surface area contributed by atoms with Crippen LogP contribution in [0.2, 0.25) is 0 Å². The Kier molecular flexibility index (Phi) is 5.51. The Hall–Kier alpha value is -0.920. The van der Waals surface area contributed by atoms with E-state index in [9.17, 15) is 13.2 Å². The number of carbonyl (C=O) groups is 1. The Morgan fingerprint density at radius 2 is 2.00 bits per heavy atom. The summed E-state index contributed by atoms with van der Waals surface area (Å²) in [7, 11) is -3.73. The van der Waals surface area contributed by atoms with E-state index in [1.165, 1.54) is 11.4 Å². The van der Waals surface area contributed by atoms with Crippen molar-refractivity contribution >= 4 is 27.3 Å². The fraction of sp³-hybridized carbons (Fsp3) is 0.583. The van der Waals surface area contributed by atoms with Gasteiger partial charge in [0.25, 0.3) is 5.91 Å². The van der Waals surface area contributed by atoms with Gasteiger partial charge in [-0.2, -0.15) is 0 Å². The Morgan fingerprint density at radius 1 is 1.42 bits per heavy atom. The summed E-state index contributed by atoms with van der Waals surface area (Å²) in [4.78, 5) is 12.0. The average Bonchev–Trinajstić information content (AvgIpc) is 2.79. The third-order valence-electron chi connectivity index (χ3n) is 3.23. The van der Waals surface area contributed by atoms with Gasteiger partial charge in [-0.25, -0.2) is 13.6 Å². The van der Waals surface area contributed by atoms with Gasteiger partial charge in [0.2, 0.25) is 10.0 Å². The number of nitrogens with one attached hydrogen (secondary N) is 1. The van der Waals surface area contributed by atoms with Crippen LogP contribution in [0.1, 0.15) is 44.0 Å². The van der Waals surface area contributed by atoms with Crippen LogP contribution in [-0.4, -0.2) is 20.4 Å². The summed E-state index contributed by atoms with van der Waals surface area (Å²) in [5, 5.41) is 9.42. The van der Waals surface area contributed by atoms with Crippen molar-refractivity contribution in [2.45, 2.75) is 43.9 Å². The van der Waals surface area contributed by atoms with Gasteiger partial charge >= 0.3 is 0 Å². The van der Waals surface area contributed by atoms with E-state index in [-0.39, 0.29) is 16.2 Å². The molecule has 0 aliphatic heterocycles. The topological polar surface area (TPSA) is 89.3 Å². The first-order valence-electron chi connectivity index (χ1n) is 6.21. The molecule has 19 heavy (non-hydrogen) atoms. The number of nitrogens with two attached hydrogens (primary N) is 1. The Balaban J connectivity index is 2.76. The van der Waals surface area contributed by atoms with Crippen molar-refractivity contribution in [2.75, 3.05) is 0 Å². The second-order valence-electron chi connectivity index (χ2n) is 4.54. The normalized spacial score (nSPS) is 13.5. The van der Waals surface area contributed by atoms with Crippen LogP contribution in [0.3, 0.4) is 0 Å². The minimum Gasteiger partial charge on any atom is -0.349 e. The SMILES string of the molecule is CCC(CC)C(C)NC(=O)c1csc(S(N)(=O)=O)c1. The standard InChI is InChI=1S/C12H20N2O3S2/c1-4-9(5-2)8(3)14-12(15)10-6-11(18-7-10)19(13,16)17/h6-9H,4-5H2,1-3H3,(H,14,15)(H2,13,16,17). The first-order valence-corrected chi connectivity index (χ1v) is 8.64. The molecular formula is C12H20N2O3S2. The highest BCUT2D eigenvalue weighted by atomic mass is 32.2. The summed E-state index contributed by atoms with van der Waals surface area (Å²) in [6.45, 7) is 6.13. The molecule has 5 nitrogen and oxygen atoms in total. The number of carbonyl (C=O) groups excluding carboxylic acids is 1. The molecule has 1 heterocycles. The Morgan fingerprint density at radius 3 is 2.42 bits per heavy atom. The zero-order chi connectivity index (χ0) is 14.6. The number of primary sulfonamides is 1. The third-order valence-corrected chi connectivity index (χ3v) is 5.62. The monoisotopic (exact) mass is 304 g/mol. The molecule has 0 fully saturated rings. The molecule has 1 rings (SSSR count).